The summed E-state index contributed by atoms with van der Waals surface area (Å²) >= 11 is 0. The summed E-state index contributed by atoms with van der Waals surface area (Å²) in [6, 6.07) is 38.7. The Morgan fingerprint density at radius 2 is 1.09 bits per heavy atom. The lowest BCUT2D eigenvalue weighted by Gasteiger charge is -2.16. The van der Waals surface area contributed by atoms with Crippen LogP contribution in [0.25, 0.3) is 55.4 Å². The molecule has 7 nitrogen and oxygen atoms in total. The van der Waals surface area contributed by atoms with Gasteiger partial charge in [-0.25, -0.2) is 0 Å². The van der Waals surface area contributed by atoms with E-state index in [1.165, 1.54) is 72.4 Å². The number of aryl methyl sites for hydroxylation is 2. The van der Waals surface area contributed by atoms with E-state index in [1.807, 2.05) is 12.1 Å². The maximum absolute atomic E-state index is 13.5. The lowest BCUT2D eigenvalue weighted by Crippen LogP contribution is -2.34. The molecule has 0 fully saturated rings. The van der Waals surface area contributed by atoms with Crippen molar-refractivity contribution in [1.29, 1.82) is 0 Å². The number of Topliss-reactive ketones (excluding diaryl/α,β-unsaturated/α-hetero) is 1. The molecule has 2 aliphatic rings. The second-order valence-corrected chi connectivity index (χ2v) is 21.3. The number of hydrogen-bond acceptors (Lipinski definition) is 4. The van der Waals surface area contributed by atoms with Gasteiger partial charge in [-0.2, -0.15) is 9.13 Å². The average molecular weight is 882 g/mol. The molecule has 1 amide bonds. The Labute approximate surface area is 383 Å². The molecule has 0 bridgehead atoms. The average Bonchev–Trinajstić information content (AvgIpc) is 3.89. The molecule has 0 radical (unpaired) electrons. The second kappa shape index (κ2) is 16.0. The summed E-state index contributed by atoms with van der Waals surface area (Å²) < 4.78 is 9.11. The zero-order chi connectivity index (χ0) is 44.7. The third-order valence-electron chi connectivity index (χ3n) is 14.2. The molecule has 0 saturated heterocycles. The number of para-hydroxylation sites is 2. The van der Waals surface area contributed by atoms with E-state index < -0.39 is 0 Å². The van der Waals surface area contributed by atoms with Crippen LogP contribution in [0.1, 0.15) is 95.2 Å². The van der Waals surface area contributed by atoms with Crippen molar-refractivity contribution in [3.05, 3.63) is 167 Å². The molecule has 64 heavy (non-hydrogen) atoms. The summed E-state index contributed by atoms with van der Waals surface area (Å²) in [6.07, 6.45) is 5.69. The van der Waals surface area contributed by atoms with E-state index in [2.05, 4.69) is 189 Å². The van der Waals surface area contributed by atoms with Gasteiger partial charge in [0.1, 0.15) is 0 Å². The molecule has 10 rings (SSSR count). The van der Waals surface area contributed by atoms with Crippen molar-refractivity contribution < 1.29 is 18.7 Å². The lowest BCUT2D eigenvalue weighted by molar-refractivity contribution is -0.600. The Morgan fingerprint density at radius 3 is 1.64 bits per heavy atom. The summed E-state index contributed by atoms with van der Waals surface area (Å²) in [5.74, 6) is 1.79. The van der Waals surface area contributed by atoms with Gasteiger partial charge in [0.25, 0.3) is 5.91 Å². The van der Waals surface area contributed by atoms with Crippen LogP contribution >= 0.6 is 21.6 Å². The molecule has 4 aromatic carbocycles. The summed E-state index contributed by atoms with van der Waals surface area (Å²) in [5.41, 5.74) is 17.9. The summed E-state index contributed by atoms with van der Waals surface area (Å²) in [4.78, 5) is 26.9. The molecule has 6 heterocycles. The van der Waals surface area contributed by atoms with Crippen LogP contribution in [0.15, 0.2) is 122 Å². The van der Waals surface area contributed by atoms with Gasteiger partial charge in [0.2, 0.25) is 11.4 Å². The first-order valence-corrected chi connectivity index (χ1v) is 24.8. The van der Waals surface area contributed by atoms with Gasteiger partial charge in [0.15, 0.2) is 29.6 Å². The van der Waals surface area contributed by atoms with E-state index in [4.69, 9.17) is 0 Å². The highest BCUT2D eigenvalue weighted by Gasteiger charge is 2.45. The number of nitrogens with one attached hydrogen (secondary N) is 1. The summed E-state index contributed by atoms with van der Waals surface area (Å²) in [5, 5.41) is 5.67. The van der Waals surface area contributed by atoms with Gasteiger partial charge in [0, 0.05) is 142 Å². The highest BCUT2D eigenvalue weighted by molar-refractivity contribution is 8.76. The van der Waals surface area contributed by atoms with Gasteiger partial charge in [0.05, 0.1) is 10.8 Å². The number of ketones is 1. The monoisotopic (exact) mass is 881 g/mol. The number of rotatable bonds is 12. The molecule has 9 heteroatoms. The number of carbonyl (C=O) groups is 2. The first-order chi connectivity index (χ1) is 30.8. The van der Waals surface area contributed by atoms with E-state index in [0.717, 1.165) is 40.4 Å². The third kappa shape index (κ3) is 6.73. The molecule has 0 unspecified atom stereocenters. The topological polar surface area (TPSA) is 63.8 Å². The van der Waals surface area contributed by atoms with Crippen LogP contribution in [-0.2, 0) is 24.9 Å². The predicted octanol–water partition coefficient (Wildman–Crippen LogP) is 11.2. The van der Waals surface area contributed by atoms with Crippen molar-refractivity contribution in [2.45, 2.75) is 65.2 Å². The van der Waals surface area contributed by atoms with Crippen molar-refractivity contribution in [1.82, 2.24) is 14.5 Å². The number of pyridine rings is 2. The molecular weight excluding hydrogens is 827 g/mol. The SMILES string of the molecule is Cc1c(-c2cc[n+]3c(c2)C(C)(C)c2cc(C(=O)CCCSSCCNC(=O)c4ccc5c(c4)C(C)(C)c4cc(-c6c(C)n(C)c7ccccc67)cc[n+]4-5)ccc2-3)c2ccccc2n1C. The van der Waals surface area contributed by atoms with Crippen LogP contribution < -0.4 is 14.5 Å². The second-order valence-electron chi connectivity index (χ2n) is 18.6. The van der Waals surface area contributed by atoms with Gasteiger partial charge >= 0.3 is 0 Å². The molecule has 4 aromatic heterocycles. The van der Waals surface area contributed by atoms with Crippen LogP contribution in [-0.4, -0.2) is 38.9 Å². The summed E-state index contributed by atoms with van der Waals surface area (Å²) in [6.45, 7) is 14.0. The van der Waals surface area contributed by atoms with Crippen molar-refractivity contribution in [2.75, 3.05) is 18.1 Å². The minimum absolute atomic E-state index is 0.0535. The quantitative estimate of drug-likeness (QED) is 0.0575. The minimum Gasteiger partial charge on any atom is -0.351 e. The van der Waals surface area contributed by atoms with E-state index >= 15 is 0 Å². The highest BCUT2D eigenvalue weighted by Crippen LogP contribution is 2.43. The maximum atomic E-state index is 13.5. The van der Waals surface area contributed by atoms with Gasteiger partial charge in [-0.1, -0.05) is 58.0 Å². The van der Waals surface area contributed by atoms with E-state index in [9.17, 15) is 9.59 Å². The summed E-state index contributed by atoms with van der Waals surface area (Å²) in [7, 11) is 7.78. The molecule has 1 N–H and O–H groups in total. The molecule has 0 aliphatic carbocycles. The van der Waals surface area contributed by atoms with Crippen molar-refractivity contribution >= 4 is 55.1 Å². The van der Waals surface area contributed by atoms with Crippen LogP contribution in [0.2, 0.25) is 0 Å². The molecule has 0 spiro atoms. The van der Waals surface area contributed by atoms with E-state index in [1.54, 1.807) is 21.6 Å². The number of carbonyl (C=O) groups excluding carboxylic acids is 2. The van der Waals surface area contributed by atoms with Crippen LogP contribution in [0.4, 0.5) is 0 Å². The van der Waals surface area contributed by atoms with E-state index in [0.29, 0.717) is 18.5 Å². The lowest BCUT2D eigenvalue weighted by atomic mass is 9.81. The largest absolute Gasteiger partial charge is 0.351 e. The van der Waals surface area contributed by atoms with Crippen molar-refractivity contribution in [3.63, 3.8) is 0 Å². The number of amides is 1. The van der Waals surface area contributed by atoms with Gasteiger partial charge in [-0.05, 0) is 95.5 Å². The Hall–Kier alpha value is -5.90. The molecule has 0 atom stereocenters. The normalized spacial score (nSPS) is 14.1. The fourth-order valence-electron chi connectivity index (χ4n) is 10.4. The zero-order valence-electron chi connectivity index (χ0n) is 38.0. The highest BCUT2D eigenvalue weighted by atomic mass is 33.1. The molecule has 322 valence electrons. The smallest absolute Gasteiger partial charge is 0.251 e. The Balaban J connectivity index is 0.713. The number of fused-ring (bicyclic) bond motifs is 8. The van der Waals surface area contributed by atoms with Crippen LogP contribution in [0.3, 0.4) is 0 Å². The Kier molecular flexibility index (Phi) is 10.5. The van der Waals surface area contributed by atoms with Gasteiger partial charge in [-0.3, -0.25) is 9.59 Å². The van der Waals surface area contributed by atoms with Gasteiger partial charge in [-0.15, -0.1) is 0 Å². The maximum Gasteiger partial charge on any atom is 0.251 e. The number of hydrogen-bond donors (Lipinski definition) is 1. The minimum atomic E-state index is -0.279. The molecule has 8 aromatic rings. The fraction of sp³-hybridized carbons (Fsp3) is 0.273. The van der Waals surface area contributed by atoms with Crippen molar-refractivity contribution in [2.24, 2.45) is 14.1 Å². The first-order valence-electron chi connectivity index (χ1n) is 22.3. The van der Waals surface area contributed by atoms with Crippen LogP contribution in [0, 0.1) is 13.8 Å². The number of nitrogens with zero attached hydrogens (tertiary/aromatic N) is 4. The molecular formula is C55H55N5O2S2+2. The fourth-order valence-corrected chi connectivity index (χ4v) is 12.4. The standard InChI is InChI=1S/C55H54N5O2S2/c1-34-51(40-14-9-11-16-44(40)57(34)7)37-23-26-59-46-21-19-36(30-42(46)54(3,4)49(59)32-37)48(61)18-13-28-63-64-29-25-56-53(62)39-20-22-47-43(31-39)55(5,6)50-33-38(24-27-60(47)50)52-35(2)58(8)45-17-12-10-15-41(45)52/h9-12,14-17,19-24,26-27,30-33H,13,18,25,28-29H2,1-8H3/q+1/p+1. The molecule has 0 saturated carbocycles. The Bertz CT molecular complexity index is 3010. The van der Waals surface area contributed by atoms with Crippen molar-refractivity contribution in [3.8, 4) is 33.6 Å². The zero-order valence-corrected chi connectivity index (χ0v) is 39.6. The molecule has 2 aliphatic heterocycles. The number of aromatic nitrogens is 4. The van der Waals surface area contributed by atoms with Crippen LogP contribution in [0.5, 0.6) is 0 Å². The third-order valence-corrected chi connectivity index (χ3v) is 16.7. The predicted molar refractivity (Wildman–Crippen MR) is 264 cm³/mol. The van der Waals surface area contributed by atoms with E-state index in [-0.39, 0.29) is 22.5 Å². The number of benzene rings is 4. The van der Waals surface area contributed by atoms with Gasteiger partial charge < -0.3 is 14.5 Å². The first kappa shape index (κ1) is 42.1. The Morgan fingerprint density at radius 1 is 0.609 bits per heavy atom.